The Labute approximate surface area is 109 Å². The van der Waals surface area contributed by atoms with Crippen molar-refractivity contribution in [1.29, 1.82) is 0 Å². The average Bonchev–Trinajstić information content (AvgIpc) is 2.84. The van der Waals surface area contributed by atoms with Gasteiger partial charge in [0.05, 0.1) is 6.61 Å². The fourth-order valence-electron chi connectivity index (χ4n) is 2.24. The van der Waals surface area contributed by atoms with Gasteiger partial charge in [-0.2, -0.15) is 0 Å². The Morgan fingerprint density at radius 1 is 1.33 bits per heavy atom. The Morgan fingerprint density at radius 3 is 3.00 bits per heavy atom. The van der Waals surface area contributed by atoms with Crippen LogP contribution in [0.3, 0.4) is 0 Å². The third-order valence-corrected chi connectivity index (χ3v) is 3.30. The van der Waals surface area contributed by atoms with Gasteiger partial charge in [-0.15, -0.1) is 0 Å². The highest BCUT2D eigenvalue weighted by Crippen LogP contribution is 2.24. The lowest BCUT2D eigenvalue weighted by molar-refractivity contribution is -0.141. The molecule has 0 atom stereocenters. The lowest BCUT2D eigenvalue weighted by atomic mass is 10.1. The van der Waals surface area contributed by atoms with Crippen molar-refractivity contribution in [2.75, 3.05) is 18.5 Å². The van der Waals surface area contributed by atoms with Crippen molar-refractivity contribution in [3.63, 3.8) is 0 Å². The third kappa shape index (κ3) is 3.49. The lowest BCUT2D eigenvalue weighted by Gasteiger charge is -2.08. The molecule has 0 aromatic heterocycles. The molecule has 0 bridgehead atoms. The second kappa shape index (κ2) is 6.43. The quantitative estimate of drug-likeness (QED) is 0.620. The van der Waals surface area contributed by atoms with Crippen LogP contribution in [0.25, 0.3) is 0 Å². The molecule has 1 aliphatic rings. The second-order valence-electron chi connectivity index (χ2n) is 4.76. The van der Waals surface area contributed by atoms with Gasteiger partial charge in [-0.05, 0) is 48.9 Å². The second-order valence-corrected chi connectivity index (χ2v) is 4.76. The number of hydrogen-bond donors (Lipinski definition) is 1. The van der Waals surface area contributed by atoms with E-state index in [1.165, 1.54) is 24.0 Å². The van der Waals surface area contributed by atoms with Crippen molar-refractivity contribution in [3.8, 4) is 0 Å². The molecule has 98 valence electrons. The van der Waals surface area contributed by atoms with E-state index in [1.807, 2.05) is 6.07 Å². The molecule has 3 nitrogen and oxygen atoms in total. The van der Waals surface area contributed by atoms with Crippen LogP contribution in [0.4, 0.5) is 5.69 Å². The van der Waals surface area contributed by atoms with Crippen molar-refractivity contribution in [1.82, 2.24) is 0 Å². The average molecular weight is 247 g/mol. The first-order valence-electron chi connectivity index (χ1n) is 6.81. The van der Waals surface area contributed by atoms with Gasteiger partial charge in [0.15, 0.2) is 0 Å². The molecule has 0 unspecified atom stereocenters. The monoisotopic (exact) mass is 247 g/mol. The van der Waals surface area contributed by atoms with E-state index >= 15 is 0 Å². The lowest BCUT2D eigenvalue weighted by Crippen LogP contribution is -2.17. The number of ether oxygens (including phenoxy) is 1. The van der Waals surface area contributed by atoms with E-state index in [2.05, 4.69) is 24.4 Å². The van der Waals surface area contributed by atoms with Crippen LogP contribution in [-0.2, 0) is 22.4 Å². The van der Waals surface area contributed by atoms with Crippen LogP contribution >= 0.6 is 0 Å². The first kappa shape index (κ1) is 12.9. The van der Waals surface area contributed by atoms with Crippen LogP contribution in [-0.4, -0.2) is 19.1 Å². The predicted molar refractivity (Wildman–Crippen MR) is 72.8 cm³/mol. The van der Waals surface area contributed by atoms with Gasteiger partial charge < -0.3 is 10.1 Å². The van der Waals surface area contributed by atoms with Crippen LogP contribution < -0.4 is 5.32 Å². The minimum Gasteiger partial charge on any atom is -0.464 e. The summed E-state index contributed by atoms with van der Waals surface area (Å²) in [4.78, 5) is 11.4. The van der Waals surface area contributed by atoms with Crippen molar-refractivity contribution in [2.45, 2.75) is 39.0 Å². The highest BCUT2D eigenvalue weighted by atomic mass is 16.5. The summed E-state index contributed by atoms with van der Waals surface area (Å²) in [6, 6.07) is 6.36. The summed E-state index contributed by atoms with van der Waals surface area (Å²) in [6.45, 7) is 2.86. The van der Waals surface area contributed by atoms with E-state index in [0.717, 1.165) is 24.9 Å². The Bertz CT molecular complexity index is 415. The highest BCUT2D eigenvalue weighted by molar-refractivity contribution is 5.75. The number of carbonyl (C=O) groups excluding carboxylic acids is 1. The minimum atomic E-state index is -0.177. The molecular weight excluding hydrogens is 226 g/mol. The summed E-state index contributed by atoms with van der Waals surface area (Å²) in [5.41, 5.74) is 3.88. The van der Waals surface area contributed by atoms with Gasteiger partial charge in [0.25, 0.3) is 0 Å². The van der Waals surface area contributed by atoms with E-state index in [9.17, 15) is 4.79 Å². The molecular formula is C15H21NO2. The number of hydrogen-bond acceptors (Lipinski definition) is 3. The topological polar surface area (TPSA) is 38.3 Å². The van der Waals surface area contributed by atoms with Crippen molar-refractivity contribution < 1.29 is 9.53 Å². The maximum absolute atomic E-state index is 11.4. The fraction of sp³-hybridized carbons (Fsp3) is 0.533. The number of benzene rings is 1. The fourth-order valence-corrected chi connectivity index (χ4v) is 2.24. The van der Waals surface area contributed by atoms with Crippen LogP contribution in [0.1, 0.15) is 37.3 Å². The molecule has 1 N–H and O–H groups in total. The molecule has 1 aromatic rings. The van der Waals surface area contributed by atoms with E-state index in [4.69, 9.17) is 4.74 Å². The van der Waals surface area contributed by atoms with E-state index in [1.54, 1.807) is 0 Å². The molecule has 0 fully saturated rings. The molecule has 3 heteroatoms. The largest absolute Gasteiger partial charge is 0.464 e. The molecule has 2 rings (SSSR count). The van der Waals surface area contributed by atoms with Gasteiger partial charge in [0, 0.05) is 5.69 Å². The summed E-state index contributed by atoms with van der Waals surface area (Å²) in [5.74, 6) is -0.177. The van der Waals surface area contributed by atoms with Gasteiger partial charge in [0.1, 0.15) is 6.54 Å². The number of rotatable bonds is 6. The van der Waals surface area contributed by atoms with Crippen LogP contribution in [0.2, 0.25) is 0 Å². The molecule has 0 amide bonds. The zero-order valence-electron chi connectivity index (χ0n) is 11.0. The maximum Gasteiger partial charge on any atom is 0.325 e. The number of esters is 1. The zero-order valence-corrected chi connectivity index (χ0v) is 11.0. The van der Waals surface area contributed by atoms with Crippen LogP contribution in [0.5, 0.6) is 0 Å². The molecule has 18 heavy (non-hydrogen) atoms. The van der Waals surface area contributed by atoms with Gasteiger partial charge in [-0.3, -0.25) is 4.79 Å². The summed E-state index contributed by atoms with van der Waals surface area (Å²) in [6.07, 6.45) is 5.58. The number of anilines is 1. The highest BCUT2D eigenvalue weighted by Gasteiger charge is 2.11. The zero-order chi connectivity index (χ0) is 12.8. The van der Waals surface area contributed by atoms with Crippen LogP contribution in [0.15, 0.2) is 18.2 Å². The summed E-state index contributed by atoms with van der Waals surface area (Å²) in [5, 5.41) is 3.13. The Balaban J connectivity index is 1.78. The number of fused-ring (bicyclic) bond motifs is 1. The Hall–Kier alpha value is -1.51. The van der Waals surface area contributed by atoms with Crippen LogP contribution in [0, 0.1) is 0 Å². The van der Waals surface area contributed by atoms with Crippen molar-refractivity contribution >= 4 is 11.7 Å². The predicted octanol–water partition coefficient (Wildman–Crippen LogP) is 2.93. The Kier molecular flexibility index (Phi) is 4.62. The van der Waals surface area contributed by atoms with Crippen molar-refractivity contribution in [3.05, 3.63) is 29.3 Å². The summed E-state index contributed by atoms with van der Waals surface area (Å²) in [7, 11) is 0. The number of carbonyl (C=O) groups is 1. The van der Waals surface area contributed by atoms with E-state index in [0.29, 0.717) is 6.61 Å². The third-order valence-electron chi connectivity index (χ3n) is 3.30. The van der Waals surface area contributed by atoms with E-state index < -0.39 is 0 Å². The normalized spacial score (nSPS) is 13.2. The Morgan fingerprint density at radius 2 is 2.17 bits per heavy atom. The standard InChI is InChI=1S/C15H21NO2/c1-2-3-9-18-15(17)11-16-14-8-7-12-5-4-6-13(12)10-14/h7-8,10,16H,2-6,9,11H2,1H3. The molecule has 0 spiro atoms. The smallest absolute Gasteiger partial charge is 0.325 e. The van der Waals surface area contributed by atoms with Gasteiger partial charge in [-0.1, -0.05) is 19.4 Å². The van der Waals surface area contributed by atoms with Crippen molar-refractivity contribution in [2.24, 2.45) is 0 Å². The minimum absolute atomic E-state index is 0.177. The molecule has 1 aliphatic carbocycles. The SMILES string of the molecule is CCCCOC(=O)CNc1ccc2c(c1)CCC2. The number of aryl methyl sites for hydroxylation is 2. The van der Waals surface area contributed by atoms with Gasteiger partial charge in [-0.25, -0.2) is 0 Å². The first-order valence-corrected chi connectivity index (χ1v) is 6.81. The molecule has 0 heterocycles. The molecule has 0 saturated heterocycles. The van der Waals surface area contributed by atoms with Gasteiger partial charge in [0.2, 0.25) is 0 Å². The number of nitrogens with one attached hydrogen (secondary N) is 1. The van der Waals surface area contributed by atoms with Gasteiger partial charge >= 0.3 is 5.97 Å². The summed E-state index contributed by atoms with van der Waals surface area (Å²) < 4.78 is 5.10. The maximum atomic E-state index is 11.4. The summed E-state index contributed by atoms with van der Waals surface area (Å²) >= 11 is 0. The number of unbranched alkanes of at least 4 members (excludes halogenated alkanes) is 1. The van der Waals surface area contributed by atoms with E-state index in [-0.39, 0.29) is 12.5 Å². The molecule has 0 saturated carbocycles. The molecule has 0 aliphatic heterocycles. The molecule has 0 radical (unpaired) electrons. The molecule has 1 aromatic carbocycles. The first-order chi connectivity index (χ1) is 8.79.